The maximum atomic E-state index is 13.0. The molecule has 7 nitrogen and oxygen atoms in total. The summed E-state index contributed by atoms with van der Waals surface area (Å²) in [6.45, 7) is 6.38. The van der Waals surface area contributed by atoms with E-state index in [1.54, 1.807) is 6.08 Å². The molecule has 3 saturated heterocycles. The van der Waals surface area contributed by atoms with Crippen LogP contribution in [0.15, 0.2) is 36.4 Å². The smallest absolute Gasteiger partial charge is 0.246 e. The molecule has 4 rings (SSSR count). The first-order chi connectivity index (χ1) is 16.1. The van der Waals surface area contributed by atoms with Gasteiger partial charge in [-0.25, -0.2) is 0 Å². The van der Waals surface area contributed by atoms with Gasteiger partial charge in [-0.2, -0.15) is 0 Å². The third kappa shape index (κ3) is 6.44. The molecule has 0 bridgehead atoms. The summed E-state index contributed by atoms with van der Waals surface area (Å²) >= 11 is 0. The Morgan fingerprint density at radius 3 is 2.09 bits per heavy atom. The van der Waals surface area contributed by atoms with Crippen LogP contribution in [-0.2, 0) is 14.4 Å². The van der Waals surface area contributed by atoms with Crippen LogP contribution in [-0.4, -0.2) is 96.2 Å². The van der Waals surface area contributed by atoms with Gasteiger partial charge in [0.25, 0.3) is 0 Å². The predicted molar refractivity (Wildman–Crippen MR) is 128 cm³/mol. The number of carbonyl (C=O) groups excluding carboxylic acids is 3. The van der Waals surface area contributed by atoms with Crippen LogP contribution in [0.1, 0.15) is 37.7 Å². The Balaban J connectivity index is 1.17. The summed E-state index contributed by atoms with van der Waals surface area (Å²) in [5.41, 5.74) is 1.01. The van der Waals surface area contributed by atoms with Crippen LogP contribution in [0.2, 0.25) is 0 Å². The first-order valence-corrected chi connectivity index (χ1v) is 12.4. The second-order valence-electron chi connectivity index (χ2n) is 9.39. The zero-order chi connectivity index (χ0) is 23.0. The van der Waals surface area contributed by atoms with Crippen LogP contribution < -0.4 is 0 Å². The van der Waals surface area contributed by atoms with Gasteiger partial charge >= 0.3 is 0 Å². The van der Waals surface area contributed by atoms with E-state index in [4.69, 9.17) is 0 Å². The summed E-state index contributed by atoms with van der Waals surface area (Å²) in [7, 11) is 0. The van der Waals surface area contributed by atoms with Crippen LogP contribution in [0.4, 0.5) is 0 Å². The van der Waals surface area contributed by atoms with E-state index in [9.17, 15) is 14.4 Å². The molecule has 0 saturated carbocycles. The zero-order valence-electron chi connectivity index (χ0n) is 19.5. The van der Waals surface area contributed by atoms with Crippen LogP contribution >= 0.6 is 0 Å². The number of benzene rings is 1. The normalized spacial score (nSPS) is 20.9. The Morgan fingerprint density at radius 1 is 0.758 bits per heavy atom. The lowest BCUT2D eigenvalue weighted by molar-refractivity contribution is -0.141. The molecule has 0 aliphatic carbocycles. The molecule has 3 aliphatic heterocycles. The maximum Gasteiger partial charge on any atom is 0.246 e. The lowest BCUT2D eigenvalue weighted by atomic mass is 9.95. The van der Waals surface area contributed by atoms with E-state index in [0.29, 0.717) is 32.7 Å². The molecular weight excluding hydrogens is 416 g/mol. The van der Waals surface area contributed by atoms with Gasteiger partial charge in [0, 0.05) is 64.4 Å². The molecule has 1 aromatic carbocycles. The number of carbonyl (C=O) groups is 3. The minimum Gasteiger partial charge on any atom is -0.342 e. The van der Waals surface area contributed by atoms with Gasteiger partial charge in [0.05, 0.1) is 6.54 Å². The summed E-state index contributed by atoms with van der Waals surface area (Å²) < 4.78 is 0. The van der Waals surface area contributed by atoms with Gasteiger partial charge in [-0.1, -0.05) is 30.3 Å². The SMILES string of the molecule is O=C(C=Cc1ccccc1)N1CCC(C(=O)N2CCN(CC(=O)N3CCCCC3)CC2)CC1. The molecule has 3 fully saturated rings. The zero-order valence-corrected chi connectivity index (χ0v) is 19.5. The number of amides is 3. The molecule has 0 unspecified atom stereocenters. The molecule has 0 N–H and O–H groups in total. The summed E-state index contributed by atoms with van der Waals surface area (Å²) in [6.07, 6.45) is 8.36. The number of hydrogen-bond donors (Lipinski definition) is 0. The van der Waals surface area contributed by atoms with Crippen molar-refractivity contribution >= 4 is 23.8 Å². The van der Waals surface area contributed by atoms with E-state index in [1.807, 2.05) is 51.1 Å². The van der Waals surface area contributed by atoms with Crippen LogP contribution in [0.25, 0.3) is 6.08 Å². The maximum absolute atomic E-state index is 13.0. The van der Waals surface area contributed by atoms with Crippen molar-refractivity contribution in [1.82, 2.24) is 19.6 Å². The Labute approximate surface area is 197 Å². The summed E-state index contributed by atoms with van der Waals surface area (Å²) in [4.78, 5) is 46.0. The third-order valence-corrected chi connectivity index (χ3v) is 7.13. The third-order valence-electron chi connectivity index (χ3n) is 7.13. The highest BCUT2D eigenvalue weighted by Gasteiger charge is 2.32. The van der Waals surface area contributed by atoms with E-state index in [0.717, 1.165) is 57.4 Å². The molecule has 0 atom stereocenters. The molecule has 0 spiro atoms. The van der Waals surface area contributed by atoms with Gasteiger partial charge < -0.3 is 14.7 Å². The van der Waals surface area contributed by atoms with E-state index in [2.05, 4.69) is 4.90 Å². The fourth-order valence-electron chi connectivity index (χ4n) is 5.00. The highest BCUT2D eigenvalue weighted by atomic mass is 16.2. The van der Waals surface area contributed by atoms with Crippen molar-refractivity contribution in [2.45, 2.75) is 32.1 Å². The molecule has 3 amide bonds. The Kier molecular flexibility index (Phi) is 8.15. The van der Waals surface area contributed by atoms with Crippen LogP contribution in [0.5, 0.6) is 0 Å². The van der Waals surface area contributed by atoms with Gasteiger partial charge in [0.2, 0.25) is 17.7 Å². The molecule has 1 aromatic rings. The molecule has 7 heteroatoms. The van der Waals surface area contributed by atoms with E-state index < -0.39 is 0 Å². The average molecular weight is 453 g/mol. The van der Waals surface area contributed by atoms with Gasteiger partial charge in [-0.05, 0) is 43.7 Å². The minimum atomic E-state index is -0.00585. The highest BCUT2D eigenvalue weighted by molar-refractivity contribution is 5.92. The summed E-state index contributed by atoms with van der Waals surface area (Å²) in [5.74, 6) is 0.446. The van der Waals surface area contributed by atoms with Crippen molar-refractivity contribution < 1.29 is 14.4 Å². The van der Waals surface area contributed by atoms with Crippen molar-refractivity contribution in [3.63, 3.8) is 0 Å². The molecule has 0 radical (unpaired) electrons. The minimum absolute atomic E-state index is 0.00585. The second-order valence-corrected chi connectivity index (χ2v) is 9.39. The first kappa shape index (κ1) is 23.5. The van der Waals surface area contributed by atoms with E-state index in [1.165, 1.54) is 6.42 Å². The number of nitrogens with zero attached hydrogens (tertiary/aromatic N) is 4. The van der Waals surface area contributed by atoms with Crippen molar-refractivity contribution in [3.05, 3.63) is 42.0 Å². The number of rotatable bonds is 5. The predicted octanol–water partition coefficient (Wildman–Crippen LogP) is 2.10. The van der Waals surface area contributed by atoms with Crippen molar-refractivity contribution in [1.29, 1.82) is 0 Å². The molecule has 0 aromatic heterocycles. The van der Waals surface area contributed by atoms with E-state index in [-0.39, 0.29) is 23.6 Å². The van der Waals surface area contributed by atoms with Crippen molar-refractivity contribution in [2.75, 3.05) is 58.9 Å². The fourth-order valence-corrected chi connectivity index (χ4v) is 5.00. The van der Waals surface area contributed by atoms with E-state index >= 15 is 0 Å². The topological polar surface area (TPSA) is 64.2 Å². The Morgan fingerprint density at radius 2 is 1.42 bits per heavy atom. The quantitative estimate of drug-likeness (QED) is 0.642. The van der Waals surface area contributed by atoms with Gasteiger partial charge in [0.15, 0.2) is 0 Å². The largest absolute Gasteiger partial charge is 0.342 e. The first-order valence-electron chi connectivity index (χ1n) is 12.4. The summed E-state index contributed by atoms with van der Waals surface area (Å²) in [6, 6.07) is 9.80. The standard InChI is InChI=1S/C26H36N4O3/c31-24(10-9-22-7-3-1-4-8-22)29-15-11-23(12-16-29)26(33)30-19-17-27(18-20-30)21-25(32)28-13-5-2-6-14-28/h1,3-4,7-10,23H,2,5-6,11-21H2. The second kappa shape index (κ2) is 11.5. The molecule has 3 heterocycles. The highest BCUT2D eigenvalue weighted by Crippen LogP contribution is 2.21. The lowest BCUT2D eigenvalue weighted by Gasteiger charge is -2.39. The van der Waals surface area contributed by atoms with Crippen LogP contribution in [0.3, 0.4) is 0 Å². The fraction of sp³-hybridized carbons (Fsp3) is 0.577. The summed E-state index contributed by atoms with van der Waals surface area (Å²) in [5, 5.41) is 0. The van der Waals surface area contributed by atoms with Gasteiger partial charge in [-0.3, -0.25) is 19.3 Å². The van der Waals surface area contributed by atoms with Crippen LogP contribution in [0, 0.1) is 5.92 Å². The molecule has 3 aliphatic rings. The lowest BCUT2D eigenvalue weighted by Crippen LogP contribution is -2.53. The Hall–Kier alpha value is -2.67. The van der Waals surface area contributed by atoms with Crippen molar-refractivity contribution in [3.8, 4) is 0 Å². The molecule has 178 valence electrons. The molecule has 33 heavy (non-hydrogen) atoms. The van der Waals surface area contributed by atoms with Gasteiger partial charge in [0.1, 0.15) is 0 Å². The van der Waals surface area contributed by atoms with Crippen molar-refractivity contribution in [2.24, 2.45) is 5.92 Å². The Bertz CT molecular complexity index is 834. The van der Waals surface area contributed by atoms with Gasteiger partial charge in [-0.15, -0.1) is 0 Å². The number of likely N-dealkylation sites (tertiary alicyclic amines) is 2. The monoisotopic (exact) mass is 452 g/mol. The average Bonchev–Trinajstić information content (AvgIpc) is 2.88. The number of piperazine rings is 1. The number of piperidine rings is 2. The molecular formula is C26H36N4O3. The number of hydrogen-bond acceptors (Lipinski definition) is 4.